The van der Waals surface area contributed by atoms with Gasteiger partial charge in [0.15, 0.2) is 5.82 Å². The summed E-state index contributed by atoms with van der Waals surface area (Å²) in [4.78, 5) is 22.1. The SMILES string of the molecule is CCOCc1nc2c(NC(=O)[C@@H](N)C(C)C)nc3ccccc3c2n1CC(C)(C)O. The molecule has 0 radical (unpaired) electrons. The third-order valence-electron chi connectivity index (χ3n) is 4.91. The lowest BCUT2D eigenvalue weighted by Gasteiger charge is -2.21. The van der Waals surface area contributed by atoms with Crippen molar-refractivity contribution in [3.05, 3.63) is 30.1 Å². The average Bonchev–Trinajstić information content (AvgIpc) is 3.02. The van der Waals surface area contributed by atoms with E-state index in [-0.39, 0.29) is 18.4 Å². The molecule has 3 aromatic rings. The molecule has 0 saturated carbocycles. The van der Waals surface area contributed by atoms with Gasteiger partial charge in [0.05, 0.1) is 29.2 Å². The molecular weight excluding hydrogens is 382 g/mol. The van der Waals surface area contributed by atoms with Crippen molar-refractivity contribution in [1.82, 2.24) is 14.5 Å². The van der Waals surface area contributed by atoms with E-state index in [0.29, 0.717) is 30.3 Å². The summed E-state index contributed by atoms with van der Waals surface area (Å²) < 4.78 is 7.57. The number of nitrogens with two attached hydrogens (primary N) is 1. The summed E-state index contributed by atoms with van der Waals surface area (Å²) in [6.45, 7) is 10.3. The average molecular weight is 414 g/mol. The Bertz CT molecular complexity index is 1050. The van der Waals surface area contributed by atoms with E-state index >= 15 is 0 Å². The highest BCUT2D eigenvalue weighted by Gasteiger charge is 2.25. The number of amides is 1. The van der Waals surface area contributed by atoms with Gasteiger partial charge in [-0.15, -0.1) is 0 Å². The van der Waals surface area contributed by atoms with Crippen LogP contribution in [-0.4, -0.2) is 43.8 Å². The summed E-state index contributed by atoms with van der Waals surface area (Å²) in [6, 6.07) is 7.01. The number of hydrogen-bond donors (Lipinski definition) is 3. The molecule has 0 saturated heterocycles. The van der Waals surface area contributed by atoms with E-state index in [9.17, 15) is 9.90 Å². The number of benzene rings is 1. The number of nitrogens with zero attached hydrogens (tertiary/aromatic N) is 3. The third-order valence-corrected chi connectivity index (χ3v) is 4.91. The Morgan fingerprint density at radius 3 is 2.63 bits per heavy atom. The Morgan fingerprint density at radius 1 is 1.30 bits per heavy atom. The van der Waals surface area contributed by atoms with Crippen LogP contribution in [0.1, 0.15) is 40.4 Å². The Morgan fingerprint density at radius 2 is 2.00 bits per heavy atom. The van der Waals surface area contributed by atoms with Crippen LogP contribution in [0.5, 0.6) is 0 Å². The maximum atomic E-state index is 12.7. The zero-order valence-corrected chi connectivity index (χ0v) is 18.3. The van der Waals surface area contributed by atoms with Crippen molar-refractivity contribution >= 4 is 33.7 Å². The van der Waals surface area contributed by atoms with Crippen LogP contribution in [0.3, 0.4) is 0 Å². The van der Waals surface area contributed by atoms with Crippen molar-refractivity contribution in [2.24, 2.45) is 11.7 Å². The molecule has 4 N–H and O–H groups in total. The molecule has 2 heterocycles. The van der Waals surface area contributed by atoms with Gasteiger partial charge in [-0.2, -0.15) is 0 Å². The number of anilines is 1. The lowest BCUT2D eigenvalue weighted by atomic mass is 10.1. The van der Waals surface area contributed by atoms with Crippen LogP contribution in [0, 0.1) is 5.92 Å². The molecule has 8 nitrogen and oxygen atoms in total. The minimum Gasteiger partial charge on any atom is -0.389 e. The van der Waals surface area contributed by atoms with Gasteiger partial charge in [0.25, 0.3) is 0 Å². The van der Waals surface area contributed by atoms with Crippen LogP contribution in [0.15, 0.2) is 24.3 Å². The second-order valence-corrected chi connectivity index (χ2v) is 8.50. The van der Waals surface area contributed by atoms with E-state index < -0.39 is 11.6 Å². The zero-order chi connectivity index (χ0) is 22.1. The smallest absolute Gasteiger partial charge is 0.242 e. The molecule has 0 aliphatic rings. The number of aromatic nitrogens is 3. The van der Waals surface area contributed by atoms with Gasteiger partial charge in [-0.25, -0.2) is 9.97 Å². The second-order valence-electron chi connectivity index (χ2n) is 8.50. The first-order chi connectivity index (χ1) is 14.1. The number of fused-ring (bicyclic) bond motifs is 3. The number of pyridine rings is 1. The third kappa shape index (κ3) is 4.61. The standard InChI is InChI=1S/C22H31N5O3/c1-6-30-11-16-25-18-19(27(16)12-22(4,5)29)14-9-7-8-10-15(14)24-20(18)26-21(28)17(23)13(2)3/h7-10,13,17,29H,6,11-12,23H2,1-5H3,(H,24,26,28)/t17-/m0/s1. The van der Waals surface area contributed by atoms with Crippen molar-refractivity contribution in [2.45, 2.75) is 59.4 Å². The quantitative estimate of drug-likeness (QED) is 0.523. The summed E-state index contributed by atoms with van der Waals surface area (Å²) >= 11 is 0. The maximum Gasteiger partial charge on any atom is 0.242 e. The van der Waals surface area contributed by atoms with Crippen LogP contribution in [-0.2, 0) is 22.7 Å². The van der Waals surface area contributed by atoms with E-state index in [1.54, 1.807) is 13.8 Å². The molecule has 1 amide bonds. The number of aliphatic hydroxyl groups is 1. The molecule has 30 heavy (non-hydrogen) atoms. The first-order valence-electron chi connectivity index (χ1n) is 10.3. The molecule has 1 aromatic carbocycles. The van der Waals surface area contributed by atoms with Gasteiger partial charge in [-0.1, -0.05) is 32.0 Å². The molecule has 1 atom stereocenters. The molecule has 162 valence electrons. The normalized spacial score (nSPS) is 13.3. The number of carbonyl (C=O) groups is 1. The van der Waals surface area contributed by atoms with Crippen LogP contribution < -0.4 is 11.1 Å². The van der Waals surface area contributed by atoms with Crippen LogP contribution in [0.4, 0.5) is 5.82 Å². The van der Waals surface area contributed by atoms with Gasteiger partial charge in [0.2, 0.25) is 5.91 Å². The van der Waals surface area contributed by atoms with Crippen LogP contribution in [0.25, 0.3) is 21.9 Å². The fourth-order valence-electron chi connectivity index (χ4n) is 3.33. The van der Waals surface area contributed by atoms with Gasteiger partial charge in [0, 0.05) is 12.0 Å². The second kappa shape index (κ2) is 8.67. The highest BCUT2D eigenvalue weighted by atomic mass is 16.5. The fourth-order valence-corrected chi connectivity index (χ4v) is 3.33. The number of nitrogens with one attached hydrogen (secondary N) is 1. The predicted octanol–water partition coefficient (Wildman–Crippen LogP) is 2.81. The molecule has 8 heteroatoms. The van der Waals surface area contributed by atoms with E-state index in [1.807, 2.05) is 49.6 Å². The van der Waals surface area contributed by atoms with Crippen LogP contribution in [0.2, 0.25) is 0 Å². The lowest BCUT2D eigenvalue weighted by Crippen LogP contribution is -2.40. The summed E-state index contributed by atoms with van der Waals surface area (Å²) in [7, 11) is 0. The van der Waals surface area contributed by atoms with Gasteiger partial charge in [-0.3, -0.25) is 4.79 Å². The molecular formula is C22H31N5O3. The topological polar surface area (TPSA) is 115 Å². The number of rotatable bonds is 8. The molecule has 2 aromatic heterocycles. The molecule has 0 aliphatic heterocycles. The number of para-hydroxylation sites is 1. The molecule has 0 bridgehead atoms. The molecule has 0 fully saturated rings. The molecule has 0 aliphatic carbocycles. The number of hydrogen-bond acceptors (Lipinski definition) is 6. The monoisotopic (exact) mass is 413 g/mol. The number of imidazole rings is 1. The molecule has 0 spiro atoms. The Balaban J connectivity index is 2.25. The van der Waals surface area contributed by atoms with Crippen molar-refractivity contribution < 1.29 is 14.6 Å². The van der Waals surface area contributed by atoms with Crippen molar-refractivity contribution in [1.29, 1.82) is 0 Å². The zero-order valence-electron chi connectivity index (χ0n) is 18.3. The molecule has 0 unspecified atom stereocenters. The van der Waals surface area contributed by atoms with Crippen LogP contribution >= 0.6 is 0 Å². The lowest BCUT2D eigenvalue weighted by molar-refractivity contribution is -0.118. The minimum absolute atomic E-state index is 0.0118. The van der Waals surface area contributed by atoms with E-state index in [2.05, 4.69) is 10.3 Å². The van der Waals surface area contributed by atoms with E-state index in [1.165, 1.54) is 0 Å². The molecule has 3 rings (SSSR count). The summed E-state index contributed by atoms with van der Waals surface area (Å²) in [5.74, 6) is 0.701. The van der Waals surface area contributed by atoms with Gasteiger partial charge < -0.3 is 25.5 Å². The Hall–Kier alpha value is -2.55. The minimum atomic E-state index is -0.970. The predicted molar refractivity (Wildman–Crippen MR) is 118 cm³/mol. The van der Waals surface area contributed by atoms with Gasteiger partial charge in [0.1, 0.15) is 17.9 Å². The maximum absolute atomic E-state index is 12.7. The Labute approximate surface area is 176 Å². The summed E-state index contributed by atoms with van der Waals surface area (Å²) in [6.07, 6.45) is 0. The van der Waals surface area contributed by atoms with Crippen molar-refractivity contribution in [3.8, 4) is 0 Å². The van der Waals surface area contributed by atoms with Crippen molar-refractivity contribution in [2.75, 3.05) is 11.9 Å². The number of carbonyl (C=O) groups excluding carboxylic acids is 1. The first-order valence-corrected chi connectivity index (χ1v) is 10.3. The fraction of sp³-hybridized carbons (Fsp3) is 0.500. The Kier molecular flexibility index (Phi) is 6.40. The summed E-state index contributed by atoms with van der Waals surface area (Å²) in [5, 5.41) is 14.3. The number of ether oxygens (including phenoxy) is 1. The van der Waals surface area contributed by atoms with Gasteiger partial charge in [-0.05, 0) is 32.8 Å². The van der Waals surface area contributed by atoms with Crippen molar-refractivity contribution in [3.63, 3.8) is 0 Å². The highest BCUT2D eigenvalue weighted by Crippen LogP contribution is 2.31. The first kappa shape index (κ1) is 22.1. The summed E-state index contributed by atoms with van der Waals surface area (Å²) in [5.41, 5.74) is 7.13. The van der Waals surface area contributed by atoms with E-state index in [0.717, 1.165) is 16.4 Å². The van der Waals surface area contributed by atoms with E-state index in [4.69, 9.17) is 15.5 Å². The highest BCUT2D eigenvalue weighted by molar-refractivity contribution is 6.10. The van der Waals surface area contributed by atoms with Gasteiger partial charge >= 0.3 is 0 Å². The largest absolute Gasteiger partial charge is 0.389 e.